The first-order chi connectivity index (χ1) is 9.65. The van der Waals surface area contributed by atoms with Gasteiger partial charge in [0, 0.05) is 6.54 Å². The van der Waals surface area contributed by atoms with Crippen LogP contribution in [0.25, 0.3) is 0 Å². The predicted molar refractivity (Wildman–Crippen MR) is 79.6 cm³/mol. The van der Waals surface area contributed by atoms with E-state index in [4.69, 9.17) is 4.74 Å². The van der Waals surface area contributed by atoms with Crippen molar-refractivity contribution in [1.82, 2.24) is 5.32 Å². The first-order valence-corrected chi connectivity index (χ1v) is 6.70. The van der Waals surface area contributed by atoms with Gasteiger partial charge in [-0.05, 0) is 31.5 Å². The van der Waals surface area contributed by atoms with Gasteiger partial charge in [-0.15, -0.1) is 0 Å². The molecule has 2 aromatic rings. The van der Waals surface area contributed by atoms with E-state index in [1.807, 2.05) is 61.5 Å². The fourth-order valence-electron chi connectivity index (χ4n) is 1.80. The molecule has 0 radical (unpaired) electrons. The summed E-state index contributed by atoms with van der Waals surface area (Å²) in [4.78, 5) is 12.0. The van der Waals surface area contributed by atoms with Crippen LogP contribution < -0.4 is 10.1 Å². The summed E-state index contributed by atoms with van der Waals surface area (Å²) in [7, 11) is 0. The van der Waals surface area contributed by atoms with E-state index in [1.54, 1.807) is 6.92 Å². The number of hydrogen-bond acceptors (Lipinski definition) is 2. The van der Waals surface area contributed by atoms with Crippen LogP contribution in [0.3, 0.4) is 0 Å². The quantitative estimate of drug-likeness (QED) is 0.906. The summed E-state index contributed by atoms with van der Waals surface area (Å²) in [5, 5.41) is 2.87. The maximum atomic E-state index is 12.0. The summed E-state index contributed by atoms with van der Waals surface area (Å²) in [6.45, 7) is 4.30. The van der Waals surface area contributed by atoms with E-state index >= 15 is 0 Å². The lowest BCUT2D eigenvalue weighted by Gasteiger charge is -2.14. The van der Waals surface area contributed by atoms with Crippen LogP contribution in [0.5, 0.6) is 5.75 Å². The van der Waals surface area contributed by atoms with Crippen molar-refractivity contribution in [1.29, 1.82) is 0 Å². The van der Waals surface area contributed by atoms with Crippen molar-refractivity contribution in [2.75, 3.05) is 0 Å². The zero-order chi connectivity index (χ0) is 14.4. The fraction of sp³-hybridized carbons (Fsp3) is 0.235. The minimum atomic E-state index is -0.511. The second-order valence-corrected chi connectivity index (χ2v) is 4.78. The summed E-state index contributed by atoms with van der Waals surface area (Å²) in [6, 6.07) is 17.4. The van der Waals surface area contributed by atoms with Crippen LogP contribution in [-0.4, -0.2) is 12.0 Å². The number of hydrogen-bond donors (Lipinski definition) is 1. The van der Waals surface area contributed by atoms with Crippen LogP contribution in [0, 0.1) is 6.92 Å². The van der Waals surface area contributed by atoms with Crippen LogP contribution in [-0.2, 0) is 11.3 Å². The number of carbonyl (C=O) groups excluding carboxylic acids is 1. The number of rotatable bonds is 5. The lowest BCUT2D eigenvalue weighted by atomic mass is 10.1. The standard InChI is InChI=1S/C17H19NO2/c1-13-8-10-15(11-9-13)12-18-17(19)14(2)20-16-6-4-3-5-7-16/h3-11,14H,12H2,1-2H3,(H,18,19)/t14-/m1/s1. The average molecular weight is 269 g/mol. The Morgan fingerprint density at radius 3 is 2.40 bits per heavy atom. The topological polar surface area (TPSA) is 38.3 Å². The second-order valence-electron chi connectivity index (χ2n) is 4.78. The highest BCUT2D eigenvalue weighted by Crippen LogP contribution is 2.11. The minimum absolute atomic E-state index is 0.116. The van der Waals surface area contributed by atoms with Crippen molar-refractivity contribution in [3.63, 3.8) is 0 Å². The number of carbonyl (C=O) groups is 1. The highest BCUT2D eigenvalue weighted by Gasteiger charge is 2.13. The zero-order valence-corrected chi connectivity index (χ0v) is 11.8. The number of para-hydroxylation sites is 1. The molecule has 0 saturated heterocycles. The molecule has 3 heteroatoms. The molecule has 2 aromatic carbocycles. The highest BCUT2D eigenvalue weighted by molar-refractivity contribution is 5.80. The highest BCUT2D eigenvalue weighted by atomic mass is 16.5. The van der Waals surface area contributed by atoms with Crippen molar-refractivity contribution in [3.05, 3.63) is 65.7 Å². The molecule has 0 aliphatic heterocycles. The molecule has 1 atom stereocenters. The molecular weight excluding hydrogens is 250 g/mol. The Bertz CT molecular complexity index is 549. The summed E-state index contributed by atoms with van der Waals surface area (Å²) in [5.41, 5.74) is 2.29. The number of amides is 1. The zero-order valence-electron chi connectivity index (χ0n) is 11.8. The molecule has 0 bridgehead atoms. The molecule has 0 fully saturated rings. The molecule has 3 nitrogen and oxygen atoms in total. The first kappa shape index (κ1) is 14.1. The van der Waals surface area contributed by atoms with Crippen molar-refractivity contribution in [3.8, 4) is 5.75 Å². The van der Waals surface area contributed by atoms with Gasteiger partial charge in [0.05, 0.1) is 0 Å². The first-order valence-electron chi connectivity index (χ1n) is 6.70. The van der Waals surface area contributed by atoms with E-state index in [1.165, 1.54) is 5.56 Å². The lowest BCUT2D eigenvalue weighted by Crippen LogP contribution is -2.35. The van der Waals surface area contributed by atoms with Gasteiger partial charge in [0.2, 0.25) is 0 Å². The SMILES string of the molecule is Cc1ccc(CNC(=O)[C@@H](C)Oc2ccccc2)cc1. The van der Waals surface area contributed by atoms with Crippen LogP contribution >= 0.6 is 0 Å². The molecule has 0 heterocycles. The van der Waals surface area contributed by atoms with Gasteiger partial charge in [-0.2, -0.15) is 0 Å². The number of ether oxygens (including phenoxy) is 1. The smallest absolute Gasteiger partial charge is 0.261 e. The molecule has 1 amide bonds. The summed E-state index contributed by atoms with van der Waals surface area (Å²) in [6.07, 6.45) is -0.511. The number of nitrogens with one attached hydrogen (secondary N) is 1. The molecule has 0 saturated carbocycles. The van der Waals surface area contributed by atoms with Crippen LogP contribution in [0.4, 0.5) is 0 Å². The van der Waals surface area contributed by atoms with E-state index in [-0.39, 0.29) is 5.91 Å². The van der Waals surface area contributed by atoms with E-state index in [2.05, 4.69) is 5.32 Å². The molecule has 0 aliphatic rings. The monoisotopic (exact) mass is 269 g/mol. The van der Waals surface area contributed by atoms with Gasteiger partial charge in [0.25, 0.3) is 5.91 Å². The maximum absolute atomic E-state index is 12.0. The maximum Gasteiger partial charge on any atom is 0.261 e. The van der Waals surface area contributed by atoms with E-state index in [0.717, 1.165) is 5.56 Å². The van der Waals surface area contributed by atoms with Gasteiger partial charge >= 0.3 is 0 Å². The molecule has 0 spiro atoms. The predicted octanol–water partition coefficient (Wildman–Crippen LogP) is 3.08. The molecule has 0 aromatic heterocycles. The van der Waals surface area contributed by atoms with Gasteiger partial charge in [-0.3, -0.25) is 4.79 Å². The Kier molecular flexibility index (Phi) is 4.77. The largest absolute Gasteiger partial charge is 0.481 e. The molecule has 1 N–H and O–H groups in total. The Morgan fingerprint density at radius 2 is 1.75 bits per heavy atom. The number of aryl methyl sites for hydroxylation is 1. The molecule has 20 heavy (non-hydrogen) atoms. The van der Waals surface area contributed by atoms with Gasteiger partial charge in [0.1, 0.15) is 5.75 Å². The van der Waals surface area contributed by atoms with Crippen LogP contribution in [0.2, 0.25) is 0 Å². The third-order valence-electron chi connectivity index (χ3n) is 3.01. The molecule has 2 rings (SSSR count). The van der Waals surface area contributed by atoms with Crippen molar-refractivity contribution in [2.24, 2.45) is 0 Å². The second kappa shape index (κ2) is 6.75. The van der Waals surface area contributed by atoms with Crippen molar-refractivity contribution in [2.45, 2.75) is 26.5 Å². The average Bonchev–Trinajstić information content (AvgIpc) is 2.47. The summed E-state index contributed by atoms with van der Waals surface area (Å²) in [5.74, 6) is 0.583. The lowest BCUT2D eigenvalue weighted by molar-refractivity contribution is -0.127. The fourth-order valence-corrected chi connectivity index (χ4v) is 1.80. The Morgan fingerprint density at radius 1 is 1.10 bits per heavy atom. The van der Waals surface area contributed by atoms with Gasteiger partial charge in [-0.25, -0.2) is 0 Å². The van der Waals surface area contributed by atoms with Gasteiger partial charge in [-0.1, -0.05) is 48.0 Å². The van der Waals surface area contributed by atoms with Gasteiger partial charge < -0.3 is 10.1 Å². The summed E-state index contributed by atoms with van der Waals surface area (Å²) >= 11 is 0. The molecule has 0 aliphatic carbocycles. The minimum Gasteiger partial charge on any atom is -0.481 e. The number of benzene rings is 2. The van der Waals surface area contributed by atoms with E-state index in [9.17, 15) is 4.79 Å². The van der Waals surface area contributed by atoms with Crippen molar-refractivity contribution < 1.29 is 9.53 Å². The normalized spacial score (nSPS) is 11.7. The van der Waals surface area contributed by atoms with Crippen molar-refractivity contribution >= 4 is 5.91 Å². The molecule has 104 valence electrons. The van der Waals surface area contributed by atoms with Gasteiger partial charge in [0.15, 0.2) is 6.10 Å². The third-order valence-corrected chi connectivity index (χ3v) is 3.01. The molecule has 0 unspecified atom stereocenters. The molecular formula is C17H19NO2. The Labute approximate surface area is 119 Å². The summed E-state index contributed by atoms with van der Waals surface area (Å²) < 4.78 is 5.57. The van der Waals surface area contributed by atoms with E-state index < -0.39 is 6.10 Å². The Balaban J connectivity index is 1.83. The van der Waals surface area contributed by atoms with E-state index in [0.29, 0.717) is 12.3 Å². The Hall–Kier alpha value is -2.29. The van der Waals surface area contributed by atoms with Crippen LogP contribution in [0.1, 0.15) is 18.1 Å². The van der Waals surface area contributed by atoms with Crippen LogP contribution in [0.15, 0.2) is 54.6 Å². The third kappa shape index (κ3) is 4.12.